The van der Waals surface area contributed by atoms with Crippen molar-refractivity contribution in [1.29, 1.82) is 0 Å². The standard InChI is InChI=1S/C17H17NO6S/c1-23-17(20)13-8-9-18-14(13)6-7-15(18)16(19)11-4-3-5-12(10-11)25(21,22)24-2/h3-7,10,13H,8-9H2,1-2H3. The van der Waals surface area contributed by atoms with Gasteiger partial charge in [0.2, 0.25) is 5.78 Å². The van der Waals surface area contributed by atoms with Crippen molar-refractivity contribution < 1.29 is 26.9 Å². The Morgan fingerprint density at radius 3 is 2.60 bits per heavy atom. The van der Waals surface area contributed by atoms with Crippen LogP contribution in [-0.4, -0.2) is 39.0 Å². The molecule has 25 heavy (non-hydrogen) atoms. The first-order valence-electron chi connectivity index (χ1n) is 7.61. The molecule has 132 valence electrons. The molecule has 8 heteroatoms. The van der Waals surface area contributed by atoms with Crippen LogP contribution in [0.1, 0.15) is 34.1 Å². The highest BCUT2D eigenvalue weighted by molar-refractivity contribution is 7.86. The second-order valence-corrected chi connectivity index (χ2v) is 7.35. The van der Waals surface area contributed by atoms with E-state index in [0.29, 0.717) is 18.7 Å². The predicted octanol–water partition coefficient (Wildman–Crippen LogP) is 1.71. The fourth-order valence-electron chi connectivity index (χ4n) is 3.06. The molecular formula is C17H17NO6S. The van der Waals surface area contributed by atoms with Crippen molar-refractivity contribution >= 4 is 21.9 Å². The van der Waals surface area contributed by atoms with Gasteiger partial charge < -0.3 is 9.30 Å². The molecule has 0 aliphatic carbocycles. The molecule has 1 aromatic carbocycles. The zero-order chi connectivity index (χ0) is 18.2. The van der Waals surface area contributed by atoms with Gasteiger partial charge in [-0.1, -0.05) is 12.1 Å². The maximum absolute atomic E-state index is 12.8. The molecule has 1 aliphatic rings. The topological polar surface area (TPSA) is 91.7 Å². The maximum Gasteiger partial charge on any atom is 0.314 e. The lowest BCUT2D eigenvalue weighted by molar-refractivity contribution is -0.142. The van der Waals surface area contributed by atoms with Crippen molar-refractivity contribution in [1.82, 2.24) is 4.57 Å². The first-order chi connectivity index (χ1) is 11.9. The van der Waals surface area contributed by atoms with Crippen molar-refractivity contribution in [3.05, 3.63) is 53.3 Å². The molecule has 1 unspecified atom stereocenters. The third-order valence-corrected chi connectivity index (χ3v) is 5.61. The molecule has 1 aromatic heterocycles. The van der Waals surface area contributed by atoms with Crippen LogP contribution in [0.4, 0.5) is 0 Å². The van der Waals surface area contributed by atoms with Gasteiger partial charge in [0.25, 0.3) is 10.1 Å². The Kier molecular flexibility index (Phi) is 4.49. The average Bonchev–Trinajstić information content (AvgIpc) is 3.22. The minimum absolute atomic E-state index is 0.0820. The summed E-state index contributed by atoms with van der Waals surface area (Å²) < 4.78 is 34.7. The molecule has 0 spiro atoms. The van der Waals surface area contributed by atoms with Gasteiger partial charge in [0, 0.05) is 17.8 Å². The highest BCUT2D eigenvalue weighted by Gasteiger charge is 2.32. The summed E-state index contributed by atoms with van der Waals surface area (Å²) in [7, 11) is -1.48. The smallest absolute Gasteiger partial charge is 0.314 e. The van der Waals surface area contributed by atoms with Crippen LogP contribution in [0.15, 0.2) is 41.3 Å². The average molecular weight is 363 g/mol. The van der Waals surface area contributed by atoms with Gasteiger partial charge in [0.15, 0.2) is 0 Å². The second kappa shape index (κ2) is 6.45. The van der Waals surface area contributed by atoms with Crippen molar-refractivity contribution in [2.45, 2.75) is 23.8 Å². The molecule has 2 heterocycles. The normalized spacial score (nSPS) is 16.5. The van der Waals surface area contributed by atoms with Gasteiger partial charge in [-0.25, -0.2) is 0 Å². The van der Waals surface area contributed by atoms with Crippen molar-refractivity contribution in [3.8, 4) is 0 Å². The molecule has 0 fully saturated rings. The summed E-state index contributed by atoms with van der Waals surface area (Å²) in [5.74, 6) is -1.03. The number of carbonyl (C=O) groups is 2. The Morgan fingerprint density at radius 2 is 1.92 bits per heavy atom. The summed E-state index contributed by atoms with van der Waals surface area (Å²) in [4.78, 5) is 24.5. The fraction of sp³-hybridized carbons (Fsp3) is 0.294. The number of ether oxygens (including phenoxy) is 1. The van der Waals surface area contributed by atoms with Gasteiger partial charge >= 0.3 is 5.97 Å². The van der Waals surface area contributed by atoms with Gasteiger partial charge in [-0.05, 0) is 30.7 Å². The lowest BCUT2D eigenvalue weighted by Crippen LogP contribution is -2.12. The molecule has 0 saturated heterocycles. The van der Waals surface area contributed by atoms with E-state index in [2.05, 4.69) is 4.18 Å². The molecule has 2 aromatic rings. The molecule has 0 bridgehead atoms. The van der Waals surface area contributed by atoms with E-state index in [1.165, 1.54) is 25.3 Å². The summed E-state index contributed by atoms with van der Waals surface area (Å²) in [5.41, 5.74) is 1.38. The number of carbonyl (C=O) groups excluding carboxylic acids is 2. The Balaban J connectivity index is 1.97. The molecule has 0 N–H and O–H groups in total. The van der Waals surface area contributed by atoms with Crippen LogP contribution in [0.5, 0.6) is 0 Å². The third kappa shape index (κ3) is 2.98. The van der Waals surface area contributed by atoms with Crippen LogP contribution in [0.2, 0.25) is 0 Å². The van der Waals surface area contributed by atoms with Crippen LogP contribution in [0.25, 0.3) is 0 Å². The Labute approximate surface area is 145 Å². The first-order valence-corrected chi connectivity index (χ1v) is 9.02. The monoisotopic (exact) mass is 363 g/mol. The molecule has 0 radical (unpaired) electrons. The van der Waals surface area contributed by atoms with Crippen molar-refractivity contribution in [3.63, 3.8) is 0 Å². The van der Waals surface area contributed by atoms with Gasteiger partial charge in [-0.15, -0.1) is 0 Å². The Morgan fingerprint density at radius 1 is 1.16 bits per heavy atom. The number of aromatic nitrogens is 1. The minimum Gasteiger partial charge on any atom is -0.469 e. The van der Waals surface area contributed by atoms with Gasteiger partial charge in [-0.3, -0.25) is 13.8 Å². The zero-order valence-electron chi connectivity index (χ0n) is 13.8. The molecular weight excluding hydrogens is 346 g/mol. The van der Waals surface area contributed by atoms with Crippen LogP contribution >= 0.6 is 0 Å². The van der Waals surface area contributed by atoms with Crippen LogP contribution in [-0.2, 0) is 30.4 Å². The molecule has 1 aliphatic heterocycles. The van der Waals surface area contributed by atoms with Crippen molar-refractivity contribution in [2.75, 3.05) is 14.2 Å². The first kappa shape index (κ1) is 17.4. The quantitative estimate of drug-likeness (QED) is 0.456. The zero-order valence-corrected chi connectivity index (χ0v) is 14.6. The van der Waals surface area contributed by atoms with Gasteiger partial charge in [-0.2, -0.15) is 8.42 Å². The molecule has 7 nitrogen and oxygen atoms in total. The highest BCUT2D eigenvalue weighted by Crippen LogP contribution is 2.32. The van der Waals surface area contributed by atoms with Gasteiger partial charge in [0.05, 0.1) is 30.7 Å². The summed E-state index contributed by atoms with van der Waals surface area (Å²) >= 11 is 0. The van der Waals surface area contributed by atoms with E-state index in [4.69, 9.17) is 4.74 Å². The molecule has 3 rings (SSSR count). The molecule has 0 amide bonds. The highest BCUT2D eigenvalue weighted by atomic mass is 32.2. The number of rotatable bonds is 5. The maximum atomic E-state index is 12.8. The Bertz CT molecular complexity index is 944. The lowest BCUT2D eigenvalue weighted by atomic mass is 10.1. The number of nitrogens with zero attached hydrogens (tertiary/aromatic N) is 1. The summed E-state index contributed by atoms with van der Waals surface area (Å²) in [6, 6.07) is 9.06. The minimum atomic E-state index is -3.88. The van der Waals surface area contributed by atoms with E-state index >= 15 is 0 Å². The number of hydrogen-bond donors (Lipinski definition) is 0. The SMILES string of the molecule is COC(=O)C1CCn2c(C(=O)c3cccc(S(=O)(=O)OC)c3)ccc21. The second-order valence-electron chi connectivity index (χ2n) is 5.64. The van der Waals surface area contributed by atoms with E-state index in [-0.39, 0.29) is 28.1 Å². The molecule has 0 saturated carbocycles. The number of fused-ring (bicyclic) bond motifs is 1. The van der Waals surface area contributed by atoms with E-state index in [1.807, 2.05) is 0 Å². The van der Waals surface area contributed by atoms with E-state index < -0.39 is 10.1 Å². The summed E-state index contributed by atoms with van der Waals surface area (Å²) in [5, 5.41) is 0. The van der Waals surface area contributed by atoms with E-state index in [1.54, 1.807) is 22.8 Å². The number of esters is 1. The van der Waals surface area contributed by atoms with Crippen molar-refractivity contribution in [2.24, 2.45) is 0 Å². The van der Waals surface area contributed by atoms with Crippen LogP contribution < -0.4 is 0 Å². The largest absolute Gasteiger partial charge is 0.469 e. The number of benzene rings is 1. The van der Waals surface area contributed by atoms with Gasteiger partial charge in [0.1, 0.15) is 0 Å². The summed E-state index contributed by atoms with van der Waals surface area (Å²) in [6.45, 7) is 0.527. The van der Waals surface area contributed by atoms with Crippen LogP contribution in [0, 0.1) is 0 Å². The number of methoxy groups -OCH3 is 1. The number of hydrogen-bond acceptors (Lipinski definition) is 6. The van der Waals surface area contributed by atoms with Crippen LogP contribution in [0.3, 0.4) is 0 Å². The lowest BCUT2D eigenvalue weighted by Gasteiger charge is -2.08. The predicted molar refractivity (Wildman–Crippen MR) is 87.9 cm³/mol. The summed E-state index contributed by atoms with van der Waals surface area (Å²) in [6.07, 6.45) is 0.571. The third-order valence-electron chi connectivity index (χ3n) is 4.34. The Hall–Kier alpha value is -2.45. The van der Waals surface area contributed by atoms with E-state index in [9.17, 15) is 18.0 Å². The molecule has 1 atom stereocenters. The fourth-order valence-corrected chi connectivity index (χ4v) is 3.77. The number of ketones is 1. The van der Waals surface area contributed by atoms with E-state index in [0.717, 1.165) is 12.8 Å².